The molecule has 0 fully saturated rings. The molecule has 0 aromatic heterocycles. The van der Waals surface area contributed by atoms with Gasteiger partial charge in [0.1, 0.15) is 0 Å². The largest absolute Gasteiger partial charge is 0.394 e. The van der Waals surface area contributed by atoms with Crippen LogP contribution in [-0.2, 0) is 4.79 Å². The first kappa shape index (κ1) is 30.6. The van der Waals surface area contributed by atoms with Gasteiger partial charge in [-0.3, -0.25) is 31.0 Å². The normalized spacial score (nSPS) is 19.6. The molecule has 7 nitrogen and oxygen atoms in total. The molecule has 30 heavy (non-hydrogen) atoms. The van der Waals surface area contributed by atoms with E-state index in [2.05, 4.69) is 5.43 Å². The van der Waals surface area contributed by atoms with Gasteiger partial charge in [0.2, 0.25) is 5.24 Å². The third-order valence-corrected chi connectivity index (χ3v) is 3.87. The van der Waals surface area contributed by atoms with Crippen LogP contribution in [0.2, 0.25) is 0 Å². The van der Waals surface area contributed by atoms with Crippen LogP contribution in [0.3, 0.4) is 0 Å². The first-order valence-corrected chi connectivity index (χ1v) is 9.20. The molecular weight excluding hydrogens is 483 g/mol. The first-order valence-electron chi connectivity index (χ1n) is 8.06. The van der Waals surface area contributed by atoms with Gasteiger partial charge in [-0.05, 0) is 50.0 Å². The summed E-state index contributed by atoms with van der Waals surface area (Å²) in [5.74, 6) is 0.367. The molecule has 2 atom stereocenters. The molecule has 1 aliphatic rings. The van der Waals surface area contributed by atoms with Gasteiger partial charge >= 0.3 is 5.79 Å². The summed E-state index contributed by atoms with van der Waals surface area (Å²) in [7, 11) is 0. The second-order valence-electron chi connectivity index (χ2n) is 6.69. The Balaban J connectivity index is 0. The van der Waals surface area contributed by atoms with Crippen molar-refractivity contribution in [2.24, 2.45) is 11.8 Å². The predicted octanol–water partition coefficient (Wildman–Crippen LogP) is 4.74. The standard InChI is InChI=1S/C7H4Cl2FNO3.C7H5ClO.C4H12N2.ClH/c8-4-1-2-5(6(9)12)7(10,3-4)11(13)14;8-7(9)6-4-2-1-3-5-6;1-4(2,3)6-5;/h1-3,5H;1-5H;6H,5H2,1-3H3;1H. The lowest BCUT2D eigenvalue weighted by Gasteiger charge is -2.20. The van der Waals surface area contributed by atoms with Gasteiger partial charge in [-0.15, -0.1) is 12.4 Å². The fourth-order valence-corrected chi connectivity index (χ4v) is 2.20. The van der Waals surface area contributed by atoms with Crippen molar-refractivity contribution >= 4 is 57.7 Å². The number of nitro groups is 1. The smallest absolute Gasteiger partial charge is 0.280 e. The zero-order valence-corrected chi connectivity index (χ0v) is 19.4. The number of rotatable bonds is 3. The van der Waals surface area contributed by atoms with E-state index >= 15 is 0 Å². The van der Waals surface area contributed by atoms with Gasteiger partial charge in [0.25, 0.3) is 5.24 Å². The summed E-state index contributed by atoms with van der Waals surface area (Å²) in [6.45, 7) is 6.02. The predicted molar refractivity (Wildman–Crippen MR) is 119 cm³/mol. The number of carbonyl (C=O) groups is 2. The molecule has 168 valence electrons. The lowest BCUT2D eigenvalue weighted by atomic mass is 9.94. The van der Waals surface area contributed by atoms with E-state index in [0.717, 1.165) is 6.08 Å². The molecule has 0 saturated carbocycles. The molecule has 0 heterocycles. The van der Waals surface area contributed by atoms with Gasteiger partial charge in [-0.25, -0.2) is 0 Å². The molecule has 1 aromatic carbocycles. The number of hydrogen-bond donors (Lipinski definition) is 2. The van der Waals surface area contributed by atoms with Crippen molar-refractivity contribution < 1.29 is 18.9 Å². The SMILES string of the molecule is CC(C)(C)NN.Cl.O=C(Cl)C1C=CC(Cl)=CC1(F)[N+](=O)[O-].O=C(Cl)c1ccccc1. The second kappa shape index (κ2) is 13.7. The lowest BCUT2D eigenvalue weighted by Crippen LogP contribution is -2.42. The van der Waals surface area contributed by atoms with Crippen LogP contribution in [0.25, 0.3) is 0 Å². The number of hydrogen-bond acceptors (Lipinski definition) is 6. The summed E-state index contributed by atoms with van der Waals surface area (Å²) in [6.07, 6.45) is 2.72. The Labute approximate surface area is 195 Å². The molecule has 1 aromatic rings. The number of benzene rings is 1. The highest BCUT2D eigenvalue weighted by Crippen LogP contribution is 2.34. The van der Waals surface area contributed by atoms with Crippen molar-refractivity contribution in [1.29, 1.82) is 0 Å². The third kappa shape index (κ3) is 11.0. The van der Waals surface area contributed by atoms with E-state index in [0.29, 0.717) is 11.6 Å². The van der Waals surface area contributed by atoms with Crippen LogP contribution >= 0.6 is 47.2 Å². The number of hydrazine groups is 1. The Morgan fingerprint density at radius 1 is 1.23 bits per heavy atom. The summed E-state index contributed by atoms with van der Waals surface area (Å²) >= 11 is 15.6. The van der Waals surface area contributed by atoms with E-state index in [1.165, 1.54) is 6.08 Å². The van der Waals surface area contributed by atoms with Crippen LogP contribution in [0.4, 0.5) is 4.39 Å². The zero-order chi connectivity index (χ0) is 22.8. The molecule has 12 heteroatoms. The number of halogens is 5. The highest BCUT2D eigenvalue weighted by molar-refractivity contribution is 6.67. The van der Waals surface area contributed by atoms with Crippen LogP contribution in [0.1, 0.15) is 31.1 Å². The van der Waals surface area contributed by atoms with Crippen molar-refractivity contribution in [1.82, 2.24) is 5.43 Å². The van der Waals surface area contributed by atoms with Crippen molar-refractivity contribution in [2.75, 3.05) is 0 Å². The minimum absolute atomic E-state index is 0. The summed E-state index contributed by atoms with van der Waals surface area (Å²) in [5, 5.41) is 8.73. The maximum absolute atomic E-state index is 13.6. The Kier molecular flexibility index (Phi) is 14.0. The van der Waals surface area contributed by atoms with Gasteiger partial charge < -0.3 is 0 Å². The number of allylic oxidation sites excluding steroid dienone is 2. The van der Waals surface area contributed by atoms with E-state index in [4.69, 9.17) is 40.6 Å². The molecule has 0 radical (unpaired) electrons. The fourth-order valence-electron chi connectivity index (χ4n) is 1.62. The molecule has 0 amide bonds. The molecule has 3 N–H and O–H groups in total. The maximum Gasteiger partial charge on any atom is 0.394 e. The summed E-state index contributed by atoms with van der Waals surface area (Å²) in [4.78, 5) is 30.3. The lowest BCUT2D eigenvalue weighted by molar-refractivity contribution is -0.594. The molecule has 2 unspecified atom stereocenters. The minimum atomic E-state index is -3.05. The summed E-state index contributed by atoms with van der Waals surface area (Å²) in [5.41, 5.74) is 3.21. The molecule has 2 rings (SSSR count). The van der Waals surface area contributed by atoms with Crippen molar-refractivity contribution in [3.8, 4) is 0 Å². The van der Waals surface area contributed by atoms with Crippen LogP contribution < -0.4 is 11.3 Å². The van der Waals surface area contributed by atoms with Crippen molar-refractivity contribution in [3.63, 3.8) is 0 Å². The van der Waals surface area contributed by atoms with E-state index in [9.17, 15) is 24.1 Å². The molecule has 0 spiro atoms. The number of nitrogens with one attached hydrogen (secondary N) is 1. The van der Waals surface area contributed by atoms with E-state index in [1.807, 2.05) is 26.8 Å². The third-order valence-electron chi connectivity index (χ3n) is 3.18. The highest BCUT2D eigenvalue weighted by Gasteiger charge is 2.53. The summed E-state index contributed by atoms with van der Waals surface area (Å²) in [6, 6.07) is 8.74. The zero-order valence-electron chi connectivity index (χ0n) is 16.3. The minimum Gasteiger partial charge on any atom is -0.280 e. The van der Waals surface area contributed by atoms with Crippen LogP contribution in [0, 0.1) is 16.0 Å². The molecule has 0 saturated heterocycles. The molecular formula is C18H22Cl4FN3O4. The average Bonchev–Trinajstić information content (AvgIpc) is 2.62. The quantitative estimate of drug-likeness (QED) is 0.202. The van der Waals surface area contributed by atoms with Crippen molar-refractivity contribution in [3.05, 3.63) is 69.3 Å². The monoisotopic (exact) mass is 503 g/mol. The first-order chi connectivity index (χ1) is 13.2. The summed E-state index contributed by atoms with van der Waals surface area (Å²) < 4.78 is 13.6. The number of nitrogens with zero attached hydrogens (tertiary/aromatic N) is 1. The van der Waals surface area contributed by atoms with E-state index < -0.39 is 27.1 Å². The van der Waals surface area contributed by atoms with Crippen LogP contribution in [0.5, 0.6) is 0 Å². The molecule has 1 aliphatic carbocycles. The Bertz CT molecular complexity index is 785. The number of alkyl halides is 1. The van der Waals surface area contributed by atoms with Gasteiger partial charge in [0, 0.05) is 22.2 Å². The van der Waals surface area contributed by atoms with Gasteiger partial charge in [-0.1, -0.05) is 48.0 Å². The molecule has 0 bridgehead atoms. The second-order valence-corrected chi connectivity index (χ2v) is 7.84. The van der Waals surface area contributed by atoms with E-state index in [1.54, 1.807) is 24.3 Å². The Morgan fingerprint density at radius 2 is 1.70 bits per heavy atom. The Morgan fingerprint density at radius 3 is 2.00 bits per heavy atom. The Hall–Kier alpha value is -1.55. The maximum atomic E-state index is 13.6. The number of nitrogens with two attached hydrogens (primary N) is 1. The van der Waals surface area contributed by atoms with Gasteiger partial charge in [-0.2, -0.15) is 4.39 Å². The topological polar surface area (TPSA) is 115 Å². The fraction of sp³-hybridized carbons (Fsp3) is 0.333. The van der Waals surface area contributed by atoms with Crippen LogP contribution in [-0.4, -0.2) is 26.7 Å². The number of carbonyl (C=O) groups excluding carboxylic acids is 2. The average molecular weight is 505 g/mol. The van der Waals surface area contributed by atoms with E-state index in [-0.39, 0.29) is 23.0 Å². The van der Waals surface area contributed by atoms with Gasteiger partial charge in [0.05, 0.1) is 4.92 Å². The van der Waals surface area contributed by atoms with Crippen LogP contribution in [0.15, 0.2) is 53.6 Å². The molecule has 0 aliphatic heterocycles. The highest BCUT2D eigenvalue weighted by atomic mass is 35.5. The van der Waals surface area contributed by atoms with Gasteiger partial charge in [0.15, 0.2) is 5.92 Å². The van der Waals surface area contributed by atoms with Crippen molar-refractivity contribution in [2.45, 2.75) is 32.1 Å².